The van der Waals surface area contributed by atoms with Crippen molar-refractivity contribution in [2.75, 3.05) is 31.6 Å². The number of thioether (sulfide) groups is 1. The van der Waals surface area contributed by atoms with Crippen LogP contribution in [0.4, 0.5) is 4.79 Å². The Morgan fingerprint density at radius 3 is 2.94 bits per heavy atom. The largest absolute Gasteiger partial charge is 0.481 e. The number of rotatable bonds is 6. The lowest BCUT2D eigenvalue weighted by Gasteiger charge is -2.17. The van der Waals surface area contributed by atoms with E-state index in [1.54, 1.807) is 16.7 Å². The Kier molecular flexibility index (Phi) is 6.18. The third-order valence-corrected chi connectivity index (χ3v) is 3.53. The fraction of sp³-hybridized carbons (Fsp3) is 0.818. The van der Waals surface area contributed by atoms with Gasteiger partial charge in [-0.05, 0) is 30.8 Å². The van der Waals surface area contributed by atoms with E-state index < -0.39 is 5.97 Å². The highest BCUT2D eigenvalue weighted by Gasteiger charge is 2.27. The van der Waals surface area contributed by atoms with Crippen molar-refractivity contribution in [2.24, 2.45) is 5.92 Å². The molecule has 0 radical (unpaired) electrons. The molecule has 0 bridgehead atoms. The smallest absolute Gasteiger partial charge is 0.317 e. The van der Waals surface area contributed by atoms with Gasteiger partial charge in [0, 0.05) is 26.1 Å². The average Bonchev–Trinajstić information content (AvgIpc) is 2.71. The van der Waals surface area contributed by atoms with E-state index in [2.05, 4.69) is 5.32 Å². The number of aliphatic carboxylic acids is 1. The summed E-state index contributed by atoms with van der Waals surface area (Å²) in [5.41, 5.74) is 0. The lowest BCUT2D eigenvalue weighted by molar-refractivity contribution is -0.138. The van der Waals surface area contributed by atoms with E-state index in [4.69, 9.17) is 5.11 Å². The molecule has 1 unspecified atom stereocenters. The summed E-state index contributed by atoms with van der Waals surface area (Å²) in [4.78, 5) is 24.0. The molecule has 1 aliphatic heterocycles. The minimum absolute atomic E-state index is 0.0565. The number of likely N-dealkylation sites (tertiary alicyclic amines) is 1. The summed E-state index contributed by atoms with van der Waals surface area (Å²) in [6.45, 7) is 1.94. The fourth-order valence-corrected chi connectivity index (χ4v) is 2.39. The quantitative estimate of drug-likeness (QED) is 0.705. The highest BCUT2D eigenvalue weighted by atomic mass is 32.2. The van der Waals surface area contributed by atoms with Crippen LogP contribution >= 0.6 is 11.8 Å². The summed E-state index contributed by atoms with van der Waals surface area (Å²) in [5.74, 6) is 0.378. The van der Waals surface area contributed by atoms with Gasteiger partial charge in [0.15, 0.2) is 0 Å². The van der Waals surface area contributed by atoms with Crippen molar-refractivity contribution in [1.82, 2.24) is 10.2 Å². The van der Waals surface area contributed by atoms with Crippen molar-refractivity contribution in [3.63, 3.8) is 0 Å². The van der Waals surface area contributed by atoms with Crippen LogP contribution in [-0.4, -0.2) is 53.6 Å². The molecule has 5 nitrogen and oxygen atoms in total. The minimum Gasteiger partial charge on any atom is -0.481 e. The van der Waals surface area contributed by atoms with E-state index in [-0.39, 0.29) is 18.4 Å². The second-order valence-electron chi connectivity index (χ2n) is 4.28. The first-order valence-electron chi connectivity index (χ1n) is 5.87. The van der Waals surface area contributed by atoms with Crippen LogP contribution < -0.4 is 5.32 Å². The number of nitrogens with one attached hydrogen (secondary N) is 1. The number of urea groups is 1. The summed E-state index contributed by atoms with van der Waals surface area (Å²) < 4.78 is 0. The SMILES string of the molecule is CSCCCNC(=O)N1CCC(CC(=O)O)C1. The first kappa shape index (κ1) is 14.2. The molecule has 17 heavy (non-hydrogen) atoms. The Labute approximate surface area is 106 Å². The van der Waals surface area contributed by atoms with Gasteiger partial charge in [-0.25, -0.2) is 4.79 Å². The van der Waals surface area contributed by atoms with E-state index in [0.717, 1.165) is 18.6 Å². The second kappa shape index (κ2) is 7.42. The van der Waals surface area contributed by atoms with Gasteiger partial charge in [0.05, 0.1) is 0 Å². The van der Waals surface area contributed by atoms with E-state index in [9.17, 15) is 9.59 Å². The van der Waals surface area contributed by atoms with Crippen LogP contribution in [0.5, 0.6) is 0 Å². The summed E-state index contributed by atoms with van der Waals surface area (Å²) in [5, 5.41) is 11.5. The van der Waals surface area contributed by atoms with Crippen molar-refractivity contribution in [2.45, 2.75) is 19.3 Å². The molecular formula is C11H20N2O3S. The predicted molar refractivity (Wildman–Crippen MR) is 68.3 cm³/mol. The maximum Gasteiger partial charge on any atom is 0.317 e. The van der Waals surface area contributed by atoms with Crippen LogP contribution in [0.1, 0.15) is 19.3 Å². The molecule has 1 atom stereocenters. The van der Waals surface area contributed by atoms with Crippen LogP contribution in [0.15, 0.2) is 0 Å². The van der Waals surface area contributed by atoms with E-state index >= 15 is 0 Å². The fourth-order valence-electron chi connectivity index (χ4n) is 1.95. The zero-order valence-corrected chi connectivity index (χ0v) is 11.0. The molecule has 0 aromatic carbocycles. The van der Waals surface area contributed by atoms with Gasteiger partial charge in [0.2, 0.25) is 0 Å². The maximum atomic E-state index is 11.7. The van der Waals surface area contributed by atoms with Crippen LogP contribution in [0, 0.1) is 5.92 Å². The van der Waals surface area contributed by atoms with Crippen LogP contribution in [-0.2, 0) is 4.79 Å². The summed E-state index contributed by atoms with van der Waals surface area (Å²) >= 11 is 1.76. The summed E-state index contributed by atoms with van der Waals surface area (Å²) in [7, 11) is 0. The molecule has 1 aliphatic rings. The number of carboxylic acids is 1. The molecule has 1 rings (SSSR count). The van der Waals surface area contributed by atoms with Crippen molar-refractivity contribution in [1.29, 1.82) is 0 Å². The third kappa shape index (κ3) is 5.30. The first-order chi connectivity index (χ1) is 8.13. The number of amides is 2. The maximum absolute atomic E-state index is 11.7. The molecule has 0 aliphatic carbocycles. The number of hydrogen-bond acceptors (Lipinski definition) is 3. The highest BCUT2D eigenvalue weighted by Crippen LogP contribution is 2.19. The Hall–Kier alpha value is -0.910. The van der Waals surface area contributed by atoms with Crippen molar-refractivity contribution in [3.05, 3.63) is 0 Å². The molecule has 0 saturated carbocycles. The molecule has 2 amide bonds. The van der Waals surface area contributed by atoms with Gasteiger partial charge in [-0.3, -0.25) is 4.79 Å². The molecule has 0 spiro atoms. The van der Waals surface area contributed by atoms with Gasteiger partial charge in [-0.2, -0.15) is 11.8 Å². The molecule has 98 valence electrons. The van der Waals surface area contributed by atoms with E-state index in [1.165, 1.54) is 0 Å². The van der Waals surface area contributed by atoms with Crippen molar-refractivity contribution < 1.29 is 14.7 Å². The van der Waals surface area contributed by atoms with Gasteiger partial charge in [-0.1, -0.05) is 0 Å². The van der Waals surface area contributed by atoms with Gasteiger partial charge < -0.3 is 15.3 Å². The zero-order valence-electron chi connectivity index (χ0n) is 10.1. The van der Waals surface area contributed by atoms with Gasteiger partial charge >= 0.3 is 12.0 Å². The van der Waals surface area contributed by atoms with Gasteiger partial charge in [-0.15, -0.1) is 0 Å². The molecule has 0 aromatic rings. The monoisotopic (exact) mass is 260 g/mol. The number of nitrogens with zero attached hydrogens (tertiary/aromatic N) is 1. The van der Waals surface area contributed by atoms with Gasteiger partial charge in [0.25, 0.3) is 0 Å². The Bertz CT molecular complexity index is 273. The highest BCUT2D eigenvalue weighted by molar-refractivity contribution is 7.98. The predicted octanol–water partition coefficient (Wildman–Crippen LogP) is 1.25. The molecule has 2 N–H and O–H groups in total. The van der Waals surface area contributed by atoms with Crippen LogP contribution in [0.2, 0.25) is 0 Å². The molecule has 6 heteroatoms. The topological polar surface area (TPSA) is 69.6 Å². The Morgan fingerprint density at radius 1 is 1.53 bits per heavy atom. The number of hydrogen-bond donors (Lipinski definition) is 2. The van der Waals surface area contributed by atoms with Crippen molar-refractivity contribution in [3.8, 4) is 0 Å². The third-order valence-electron chi connectivity index (χ3n) is 2.84. The van der Waals surface area contributed by atoms with Gasteiger partial charge in [0.1, 0.15) is 0 Å². The number of carboxylic acid groups (broad SMARTS) is 1. The molecule has 1 fully saturated rings. The molecule has 0 aromatic heterocycles. The second-order valence-corrected chi connectivity index (χ2v) is 5.26. The molecule has 1 heterocycles. The Morgan fingerprint density at radius 2 is 2.29 bits per heavy atom. The molecule has 1 saturated heterocycles. The van der Waals surface area contributed by atoms with Crippen LogP contribution in [0.3, 0.4) is 0 Å². The lowest BCUT2D eigenvalue weighted by atomic mass is 10.1. The number of carbonyl (C=O) groups is 2. The zero-order chi connectivity index (χ0) is 12.7. The first-order valence-corrected chi connectivity index (χ1v) is 7.26. The lowest BCUT2D eigenvalue weighted by Crippen LogP contribution is -2.39. The van der Waals surface area contributed by atoms with E-state index in [1.807, 2.05) is 6.26 Å². The Balaban J connectivity index is 2.18. The standard InChI is InChI=1S/C11H20N2O3S/c1-17-6-2-4-12-11(16)13-5-3-9(8-13)7-10(14)15/h9H,2-8H2,1H3,(H,12,16)(H,14,15). The molecular weight excluding hydrogens is 240 g/mol. The van der Waals surface area contributed by atoms with E-state index in [0.29, 0.717) is 19.6 Å². The number of carbonyl (C=O) groups excluding carboxylic acids is 1. The normalized spacial score (nSPS) is 19.4. The average molecular weight is 260 g/mol. The summed E-state index contributed by atoms with van der Waals surface area (Å²) in [6, 6.07) is -0.0565. The van der Waals surface area contributed by atoms with Crippen LogP contribution in [0.25, 0.3) is 0 Å². The van der Waals surface area contributed by atoms with Crippen molar-refractivity contribution >= 4 is 23.8 Å². The summed E-state index contributed by atoms with van der Waals surface area (Å²) in [6.07, 6.45) is 3.97. The minimum atomic E-state index is -0.780.